The largest absolute Gasteiger partial charge is 0.480 e. The smallest absolute Gasteiger partial charge is 0.327 e. The molecule has 1 aliphatic heterocycles. The van der Waals surface area contributed by atoms with Gasteiger partial charge in [-0.2, -0.15) is 0 Å². The van der Waals surface area contributed by atoms with Crippen molar-refractivity contribution in [3.63, 3.8) is 0 Å². The number of urea groups is 1. The summed E-state index contributed by atoms with van der Waals surface area (Å²) in [5.41, 5.74) is 5.02. The molecule has 0 aliphatic carbocycles. The summed E-state index contributed by atoms with van der Waals surface area (Å²) in [6.45, 7) is 3.52. The maximum absolute atomic E-state index is 12.2. The number of hydrogen-bond acceptors (Lipinski definition) is 4. The number of nitrogens with one attached hydrogen (secondary N) is 1. The van der Waals surface area contributed by atoms with Gasteiger partial charge in [0.15, 0.2) is 0 Å². The molecule has 0 aromatic carbocycles. The Morgan fingerprint density at radius 1 is 1.44 bits per heavy atom. The summed E-state index contributed by atoms with van der Waals surface area (Å²) in [6, 6.07) is -2.41. The topological polar surface area (TPSA) is 113 Å². The molecule has 0 saturated carbocycles. The summed E-state index contributed by atoms with van der Waals surface area (Å²) >= 11 is 1.38. The van der Waals surface area contributed by atoms with E-state index >= 15 is 0 Å². The van der Waals surface area contributed by atoms with Crippen LogP contribution in [0.1, 0.15) is 13.8 Å². The first-order valence-electron chi connectivity index (χ1n) is 5.51. The average Bonchev–Trinajstić information content (AvgIpc) is 2.73. The summed E-state index contributed by atoms with van der Waals surface area (Å²) in [7, 11) is 0. The number of hydrogen-bond donors (Lipinski definition) is 3. The third-order valence-corrected chi connectivity index (χ3v) is 3.69. The van der Waals surface area contributed by atoms with E-state index in [1.807, 2.05) is 0 Å². The Labute approximate surface area is 109 Å². The van der Waals surface area contributed by atoms with Gasteiger partial charge in [-0.25, -0.2) is 9.59 Å². The molecule has 1 saturated heterocycles. The van der Waals surface area contributed by atoms with Crippen molar-refractivity contribution in [2.45, 2.75) is 25.9 Å². The first-order chi connectivity index (χ1) is 8.34. The van der Waals surface area contributed by atoms with Crippen LogP contribution in [0.5, 0.6) is 0 Å². The third-order valence-electron chi connectivity index (χ3n) is 2.68. The van der Waals surface area contributed by atoms with E-state index in [9.17, 15) is 14.4 Å². The maximum atomic E-state index is 12.2. The summed E-state index contributed by atoms with van der Waals surface area (Å²) in [4.78, 5) is 35.4. The molecular formula is C10H17N3O4S. The van der Waals surface area contributed by atoms with Crippen LogP contribution < -0.4 is 11.1 Å². The zero-order valence-corrected chi connectivity index (χ0v) is 11.1. The van der Waals surface area contributed by atoms with Crippen LogP contribution in [0.25, 0.3) is 0 Å². The van der Waals surface area contributed by atoms with Gasteiger partial charge in [0.1, 0.15) is 12.1 Å². The lowest BCUT2D eigenvalue weighted by atomic mass is 10.0. The van der Waals surface area contributed by atoms with E-state index in [-0.39, 0.29) is 5.92 Å². The minimum Gasteiger partial charge on any atom is -0.480 e. The highest BCUT2D eigenvalue weighted by Gasteiger charge is 2.38. The number of carbonyl (C=O) groups excluding carboxylic acids is 2. The van der Waals surface area contributed by atoms with E-state index in [1.54, 1.807) is 13.8 Å². The monoisotopic (exact) mass is 275 g/mol. The van der Waals surface area contributed by atoms with Gasteiger partial charge in [-0.3, -0.25) is 4.79 Å². The highest BCUT2D eigenvalue weighted by Crippen LogP contribution is 2.23. The Morgan fingerprint density at radius 2 is 2.06 bits per heavy atom. The normalized spacial score (nSPS) is 20.8. The Kier molecular flexibility index (Phi) is 4.83. The van der Waals surface area contributed by atoms with Gasteiger partial charge >= 0.3 is 12.0 Å². The van der Waals surface area contributed by atoms with E-state index in [0.29, 0.717) is 11.6 Å². The minimum absolute atomic E-state index is 0.162. The number of primary amides is 1. The van der Waals surface area contributed by atoms with Crippen molar-refractivity contribution < 1.29 is 19.5 Å². The minimum atomic E-state index is -1.03. The average molecular weight is 275 g/mol. The number of nitrogens with two attached hydrogens (primary N) is 1. The molecule has 1 aliphatic rings. The van der Waals surface area contributed by atoms with Crippen LogP contribution in [0.15, 0.2) is 0 Å². The van der Waals surface area contributed by atoms with Crippen LogP contribution in [-0.2, 0) is 9.59 Å². The van der Waals surface area contributed by atoms with E-state index < -0.39 is 30.0 Å². The molecule has 0 radical (unpaired) electrons. The lowest BCUT2D eigenvalue weighted by molar-refractivity contribution is -0.148. The highest BCUT2D eigenvalue weighted by molar-refractivity contribution is 7.99. The molecule has 1 fully saturated rings. The second-order valence-electron chi connectivity index (χ2n) is 4.39. The van der Waals surface area contributed by atoms with Gasteiger partial charge in [0.2, 0.25) is 5.91 Å². The van der Waals surface area contributed by atoms with E-state index in [0.717, 1.165) is 0 Å². The summed E-state index contributed by atoms with van der Waals surface area (Å²) in [5.74, 6) is -0.914. The van der Waals surface area contributed by atoms with Crippen LogP contribution in [-0.4, -0.2) is 51.6 Å². The number of aliphatic carboxylic acids is 1. The molecule has 3 amide bonds. The molecule has 0 aromatic rings. The van der Waals surface area contributed by atoms with Crippen molar-refractivity contribution in [1.29, 1.82) is 0 Å². The summed E-state index contributed by atoms with van der Waals surface area (Å²) in [6.07, 6.45) is 0. The first-order valence-corrected chi connectivity index (χ1v) is 6.67. The fraction of sp³-hybridized carbons (Fsp3) is 0.700. The van der Waals surface area contributed by atoms with Gasteiger partial charge in [0.05, 0.1) is 5.88 Å². The Hall–Kier alpha value is -1.44. The fourth-order valence-corrected chi connectivity index (χ4v) is 2.86. The number of carboxylic acids is 1. The van der Waals surface area contributed by atoms with Crippen LogP contribution in [0.4, 0.5) is 4.79 Å². The molecule has 8 heteroatoms. The van der Waals surface area contributed by atoms with E-state index in [4.69, 9.17) is 10.8 Å². The molecule has 4 N–H and O–H groups in total. The lowest BCUT2D eigenvalue weighted by Crippen LogP contribution is -2.55. The quantitative estimate of drug-likeness (QED) is 0.650. The number of carboxylic acid groups (broad SMARTS) is 1. The van der Waals surface area contributed by atoms with Crippen molar-refractivity contribution in [2.75, 3.05) is 11.6 Å². The lowest BCUT2D eigenvalue weighted by Gasteiger charge is -2.28. The van der Waals surface area contributed by atoms with E-state index in [1.165, 1.54) is 16.7 Å². The Bertz CT molecular complexity index is 357. The third kappa shape index (κ3) is 3.28. The second-order valence-corrected chi connectivity index (χ2v) is 5.39. The molecule has 0 aromatic heterocycles. The Balaban J connectivity index is 2.82. The molecule has 1 rings (SSSR count). The highest BCUT2D eigenvalue weighted by atomic mass is 32.2. The number of thioether (sulfide) groups is 1. The van der Waals surface area contributed by atoms with E-state index in [2.05, 4.69) is 5.32 Å². The second kappa shape index (κ2) is 5.94. The predicted octanol–water partition coefficient (Wildman–Crippen LogP) is -0.335. The zero-order chi connectivity index (χ0) is 13.9. The molecule has 7 nitrogen and oxygen atoms in total. The molecule has 1 unspecified atom stereocenters. The number of amides is 3. The first kappa shape index (κ1) is 14.6. The van der Waals surface area contributed by atoms with Crippen LogP contribution >= 0.6 is 11.8 Å². The van der Waals surface area contributed by atoms with Gasteiger partial charge in [-0.05, 0) is 5.92 Å². The number of rotatable bonds is 4. The van der Waals surface area contributed by atoms with Gasteiger partial charge in [-0.15, -0.1) is 11.8 Å². The van der Waals surface area contributed by atoms with Crippen molar-refractivity contribution in [3.8, 4) is 0 Å². The molecule has 1 heterocycles. The number of nitrogens with zero attached hydrogens (tertiary/aromatic N) is 1. The van der Waals surface area contributed by atoms with Crippen LogP contribution in [0, 0.1) is 5.92 Å². The molecule has 18 heavy (non-hydrogen) atoms. The maximum Gasteiger partial charge on any atom is 0.327 e. The molecule has 2 atom stereocenters. The standard InChI is InChI=1S/C10H17N3O4S/c1-5(2)7(12-10(11)17)8(14)13-4-18-3-6(13)9(15)16/h5-7H,3-4H2,1-2H3,(H,15,16)(H3,11,12,17)/t6-,7?/m0/s1. The zero-order valence-electron chi connectivity index (χ0n) is 10.3. The van der Waals surface area contributed by atoms with Crippen molar-refractivity contribution in [3.05, 3.63) is 0 Å². The molecule has 0 spiro atoms. The molecule has 0 bridgehead atoms. The molecule has 102 valence electrons. The van der Waals surface area contributed by atoms with Crippen molar-refractivity contribution >= 4 is 29.7 Å². The SMILES string of the molecule is CC(C)C(NC(N)=O)C(=O)N1CSC[C@H]1C(=O)O. The van der Waals surface area contributed by atoms with Crippen LogP contribution in [0.3, 0.4) is 0 Å². The van der Waals surface area contributed by atoms with Gasteiger partial charge in [-0.1, -0.05) is 13.8 Å². The molecular weight excluding hydrogens is 258 g/mol. The summed E-state index contributed by atoms with van der Waals surface area (Å²) < 4.78 is 0. The van der Waals surface area contributed by atoms with Crippen molar-refractivity contribution in [1.82, 2.24) is 10.2 Å². The number of carbonyl (C=O) groups is 3. The van der Waals surface area contributed by atoms with Crippen molar-refractivity contribution in [2.24, 2.45) is 11.7 Å². The predicted molar refractivity (Wildman–Crippen MR) is 66.9 cm³/mol. The van der Waals surface area contributed by atoms with Gasteiger partial charge in [0.25, 0.3) is 0 Å². The van der Waals surface area contributed by atoms with Gasteiger partial charge in [0, 0.05) is 5.75 Å². The van der Waals surface area contributed by atoms with Gasteiger partial charge < -0.3 is 21.1 Å². The Morgan fingerprint density at radius 3 is 2.50 bits per heavy atom. The van der Waals surface area contributed by atoms with Crippen LogP contribution in [0.2, 0.25) is 0 Å². The fourth-order valence-electron chi connectivity index (χ4n) is 1.71. The summed E-state index contributed by atoms with van der Waals surface area (Å²) in [5, 5.41) is 11.4.